The van der Waals surface area contributed by atoms with Crippen LogP contribution in [0.2, 0.25) is 0 Å². The van der Waals surface area contributed by atoms with Crippen LogP contribution in [0.1, 0.15) is 6.92 Å². The predicted molar refractivity (Wildman–Crippen MR) is 49.0 cm³/mol. The third kappa shape index (κ3) is 3.57. The molecule has 3 heteroatoms. The van der Waals surface area contributed by atoms with Gasteiger partial charge in [-0.25, -0.2) is 10.0 Å². The quantitative estimate of drug-likeness (QED) is 0.338. The minimum atomic E-state index is 0.912. The summed E-state index contributed by atoms with van der Waals surface area (Å²) in [4.78, 5) is 3.86. The largest absolute Gasteiger partial charge is 0.272 e. The summed E-state index contributed by atoms with van der Waals surface area (Å²) >= 11 is 0. The Morgan fingerprint density at radius 2 is 2.09 bits per heavy atom. The monoisotopic (exact) mass is 153 g/mol. The van der Waals surface area contributed by atoms with Gasteiger partial charge in [-0.2, -0.15) is 0 Å². The number of nitrogens with zero attached hydrogens (tertiary/aromatic N) is 3. The highest BCUT2D eigenvalue weighted by Crippen LogP contribution is 1.90. The minimum absolute atomic E-state index is 0.912. The lowest BCUT2D eigenvalue weighted by Gasteiger charge is -2.24. The zero-order valence-corrected chi connectivity index (χ0v) is 7.20. The van der Waals surface area contributed by atoms with Gasteiger partial charge in [0.2, 0.25) is 0 Å². The topological polar surface area (TPSA) is 18.8 Å². The molecule has 0 bridgehead atoms. The second-order valence-corrected chi connectivity index (χ2v) is 1.98. The van der Waals surface area contributed by atoms with Crippen molar-refractivity contribution < 1.29 is 0 Å². The van der Waals surface area contributed by atoms with E-state index in [1.165, 1.54) is 6.20 Å². The molecule has 0 aliphatic carbocycles. The molecule has 0 fully saturated rings. The molecule has 0 aliphatic rings. The fourth-order valence-corrected chi connectivity index (χ4v) is 0.553. The Morgan fingerprint density at radius 1 is 1.45 bits per heavy atom. The van der Waals surface area contributed by atoms with Crippen LogP contribution in [-0.2, 0) is 0 Å². The molecule has 0 aromatic heterocycles. The Balaban J connectivity index is 4.03. The van der Waals surface area contributed by atoms with Crippen LogP contribution in [0.5, 0.6) is 0 Å². The van der Waals surface area contributed by atoms with E-state index in [0.29, 0.717) is 0 Å². The zero-order chi connectivity index (χ0) is 8.69. The molecule has 0 rings (SSSR count). The highest BCUT2D eigenvalue weighted by molar-refractivity contribution is 5.56. The van der Waals surface area contributed by atoms with Crippen molar-refractivity contribution in [2.24, 2.45) is 4.99 Å². The van der Waals surface area contributed by atoms with Crippen LogP contribution in [0.25, 0.3) is 0 Å². The third-order valence-electron chi connectivity index (χ3n) is 1.33. The Bertz CT molecular complexity index is 151. The van der Waals surface area contributed by atoms with Crippen LogP contribution in [0.4, 0.5) is 0 Å². The average molecular weight is 153 g/mol. The maximum Gasteiger partial charge on any atom is 0.109 e. The summed E-state index contributed by atoms with van der Waals surface area (Å²) in [5.74, 6) is 0. The maximum atomic E-state index is 3.86. The Hall–Kier alpha value is -1.09. The maximum absolute atomic E-state index is 3.86. The molecule has 3 nitrogen and oxygen atoms in total. The van der Waals surface area contributed by atoms with Crippen molar-refractivity contribution in [1.29, 1.82) is 0 Å². The lowest BCUT2D eigenvalue weighted by atomic mass is 10.7. The van der Waals surface area contributed by atoms with Gasteiger partial charge in [-0.05, 0) is 0 Å². The summed E-state index contributed by atoms with van der Waals surface area (Å²) in [5, 5.41) is 3.77. The highest BCUT2D eigenvalue weighted by atomic mass is 15.6. The Morgan fingerprint density at radius 3 is 2.45 bits per heavy atom. The van der Waals surface area contributed by atoms with E-state index >= 15 is 0 Å². The first-order valence-electron chi connectivity index (χ1n) is 3.52. The number of aliphatic imine (C=N–C) groups is 1. The Labute approximate surface area is 68.3 Å². The van der Waals surface area contributed by atoms with Crippen molar-refractivity contribution in [2.45, 2.75) is 6.92 Å². The van der Waals surface area contributed by atoms with Crippen molar-refractivity contribution in [3.63, 3.8) is 0 Å². The lowest BCUT2D eigenvalue weighted by molar-refractivity contribution is 0.144. The van der Waals surface area contributed by atoms with Gasteiger partial charge in [0.15, 0.2) is 0 Å². The van der Waals surface area contributed by atoms with Gasteiger partial charge in [0.25, 0.3) is 0 Å². The smallest absolute Gasteiger partial charge is 0.109 e. The first kappa shape index (κ1) is 9.91. The molecule has 0 aromatic rings. The van der Waals surface area contributed by atoms with Crippen molar-refractivity contribution in [3.8, 4) is 0 Å². The van der Waals surface area contributed by atoms with Gasteiger partial charge >= 0.3 is 0 Å². The molecule has 0 radical (unpaired) electrons. The van der Waals surface area contributed by atoms with E-state index in [1.54, 1.807) is 17.5 Å². The van der Waals surface area contributed by atoms with E-state index in [4.69, 9.17) is 0 Å². The van der Waals surface area contributed by atoms with Crippen molar-refractivity contribution in [2.75, 3.05) is 13.6 Å². The summed E-state index contributed by atoms with van der Waals surface area (Å²) < 4.78 is 0. The van der Waals surface area contributed by atoms with E-state index in [0.717, 1.165) is 6.54 Å². The normalized spacial score (nSPS) is 10.5. The van der Waals surface area contributed by atoms with Crippen molar-refractivity contribution in [3.05, 3.63) is 25.6 Å². The second-order valence-electron chi connectivity index (χ2n) is 1.98. The fraction of sp³-hybridized carbons (Fsp3) is 0.375. The summed E-state index contributed by atoms with van der Waals surface area (Å²) in [6.45, 7) is 10.1. The molecular formula is C8H15N3. The molecule has 0 unspecified atom stereocenters. The van der Waals surface area contributed by atoms with E-state index in [-0.39, 0.29) is 0 Å². The van der Waals surface area contributed by atoms with Crippen LogP contribution in [0.3, 0.4) is 0 Å². The van der Waals surface area contributed by atoms with Gasteiger partial charge in [0.05, 0.1) is 0 Å². The van der Waals surface area contributed by atoms with Crippen LogP contribution in [-0.4, -0.2) is 29.9 Å². The highest BCUT2D eigenvalue weighted by Gasteiger charge is 1.97. The van der Waals surface area contributed by atoms with Gasteiger partial charge in [-0.15, -0.1) is 0 Å². The molecule has 11 heavy (non-hydrogen) atoms. The van der Waals surface area contributed by atoms with Gasteiger partial charge in [-0.1, -0.05) is 20.1 Å². The van der Waals surface area contributed by atoms with E-state index < -0.39 is 0 Å². The van der Waals surface area contributed by atoms with Gasteiger partial charge in [-0.3, -0.25) is 5.01 Å². The summed E-state index contributed by atoms with van der Waals surface area (Å²) in [6, 6.07) is 0. The predicted octanol–water partition coefficient (Wildman–Crippen LogP) is 1.47. The summed E-state index contributed by atoms with van der Waals surface area (Å²) in [5.41, 5.74) is 0. The third-order valence-corrected chi connectivity index (χ3v) is 1.33. The van der Waals surface area contributed by atoms with Crippen LogP contribution < -0.4 is 0 Å². The first-order chi connectivity index (χ1) is 5.26. The van der Waals surface area contributed by atoms with E-state index in [2.05, 4.69) is 25.1 Å². The minimum Gasteiger partial charge on any atom is -0.272 e. The summed E-state index contributed by atoms with van der Waals surface area (Å²) in [6.07, 6.45) is 4.83. The second kappa shape index (κ2) is 5.68. The van der Waals surface area contributed by atoms with Crippen molar-refractivity contribution in [1.82, 2.24) is 10.0 Å². The number of hydrazine groups is 1. The Kier molecular flexibility index (Phi) is 5.11. The molecule has 0 amide bonds. The zero-order valence-electron chi connectivity index (χ0n) is 7.20. The van der Waals surface area contributed by atoms with Crippen LogP contribution >= 0.6 is 0 Å². The molecule has 0 atom stereocenters. The first-order valence-corrected chi connectivity index (χ1v) is 3.52. The fourth-order valence-electron chi connectivity index (χ4n) is 0.553. The number of rotatable bonds is 5. The number of hydrogen-bond acceptors (Lipinski definition) is 2. The molecule has 62 valence electrons. The van der Waals surface area contributed by atoms with Crippen LogP contribution in [0, 0.1) is 0 Å². The molecule has 0 N–H and O–H groups in total. The molecule has 0 heterocycles. The van der Waals surface area contributed by atoms with E-state index in [9.17, 15) is 0 Å². The number of hydrogen-bond donors (Lipinski definition) is 0. The standard InChI is InChI=1S/C8H15N3/c1-5-9-8-11(7-3)10(4)6-2/h5,7-8H,1,3,6H2,2,4H3. The van der Waals surface area contributed by atoms with Gasteiger partial charge in [0, 0.05) is 26.0 Å². The molecular weight excluding hydrogens is 138 g/mol. The molecule has 0 spiro atoms. The molecule has 0 aromatic carbocycles. The van der Waals surface area contributed by atoms with E-state index in [1.807, 2.05) is 12.1 Å². The summed E-state index contributed by atoms with van der Waals surface area (Å²) in [7, 11) is 1.96. The molecule has 0 aliphatic heterocycles. The van der Waals surface area contributed by atoms with Gasteiger partial charge < -0.3 is 0 Å². The van der Waals surface area contributed by atoms with Crippen molar-refractivity contribution >= 4 is 6.34 Å². The molecule has 0 saturated heterocycles. The average Bonchev–Trinajstić information content (AvgIpc) is 2.05. The van der Waals surface area contributed by atoms with Crippen LogP contribution in [0.15, 0.2) is 30.6 Å². The SMILES string of the molecule is C=CN=CN(C=C)N(C)CC. The molecule has 0 saturated carbocycles. The lowest BCUT2D eigenvalue weighted by Crippen LogP contribution is -2.33. The van der Waals surface area contributed by atoms with Gasteiger partial charge in [0.1, 0.15) is 6.34 Å².